The van der Waals surface area contributed by atoms with Crippen LogP contribution in [-0.2, 0) is 47.4 Å². The third-order valence-corrected chi connectivity index (χ3v) is 9.05. The topological polar surface area (TPSA) is 170 Å². The van der Waals surface area contributed by atoms with E-state index in [1.807, 2.05) is 26.8 Å². The molecule has 5 atom stereocenters. The minimum absolute atomic E-state index is 0.0495. The number of aliphatic hydroxyl groups is 3. The lowest BCUT2D eigenvalue weighted by Gasteiger charge is -2.38. The summed E-state index contributed by atoms with van der Waals surface area (Å²) in [7, 11) is 1.49. The SMILES string of the molecule is COc1ccc(CC(=O)O[C@@H]2O[C@@H](C(=O)OCc3ccccc3)[C@H](O)[C@@H](O)[C@@H]2O)cc1Oc1ccc(NC(=O)C(C)(C)C)cc1CSC(C)(C)C. The third-order valence-electron chi connectivity index (χ3n) is 7.73. The molecule has 12 nitrogen and oxygen atoms in total. The Kier molecular flexibility index (Phi) is 13.2. The second-order valence-electron chi connectivity index (χ2n) is 14.2. The molecule has 276 valence electrons. The van der Waals surface area contributed by atoms with Crippen LogP contribution in [0, 0.1) is 5.41 Å². The van der Waals surface area contributed by atoms with Gasteiger partial charge in [-0.05, 0) is 41.5 Å². The van der Waals surface area contributed by atoms with Gasteiger partial charge in [0.05, 0.1) is 13.5 Å². The van der Waals surface area contributed by atoms with Crippen LogP contribution >= 0.6 is 11.8 Å². The number of carbonyl (C=O) groups is 3. The lowest BCUT2D eigenvalue weighted by atomic mass is 9.95. The smallest absolute Gasteiger partial charge is 0.338 e. The second-order valence-corrected chi connectivity index (χ2v) is 16.0. The van der Waals surface area contributed by atoms with E-state index in [0.717, 1.165) is 5.56 Å². The first-order chi connectivity index (χ1) is 23.9. The Hall–Kier alpha value is -4.14. The highest BCUT2D eigenvalue weighted by Crippen LogP contribution is 2.38. The van der Waals surface area contributed by atoms with Crippen LogP contribution in [0.3, 0.4) is 0 Å². The summed E-state index contributed by atoms with van der Waals surface area (Å²) < 4.78 is 27.8. The highest BCUT2D eigenvalue weighted by molar-refractivity contribution is 7.99. The molecule has 0 spiro atoms. The molecule has 3 aromatic rings. The normalized spacial score (nSPS) is 20.6. The Labute approximate surface area is 302 Å². The van der Waals surface area contributed by atoms with Crippen LogP contribution in [0.1, 0.15) is 58.2 Å². The number of anilines is 1. The molecular formula is C38H47NO11S. The predicted molar refractivity (Wildman–Crippen MR) is 191 cm³/mol. The second kappa shape index (κ2) is 16.9. The third kappa shape index (κ3) is 11.2. The van der Waals surface area contributed by atoms with E-state index in [2.05, 4.69) is 26.1 Å². The van der Waals surface area contributed by atoms with Gasteiger partial charge in [-0.1, -0.05) is 77.9 Å². The Morgan fingerprint density at radius 1 is 0.824 bits per heavy atom. The van der Waals surface area contributed by atoms with Gasteiger partial charge >= 0.3 is 11.9 Å². The van der Waals surface area contributed by atoms with Crippen LogP contribution < -0.4 is 14.8 Å². The summed E-state index contributed by atoms with van der Waals surface area (Å²) in [6.45, 7) is 11.7. The van der Waals surface area contributed by atoms with Crippen LogP contribution in [0.15, 0.2) is 66.7 Å². The van der Waals surface area contributed by atoms with Crippen molar-refractivity contribution in [2.75, 3.05) is 12.4 Å². The van der Waals surface area contributed by atoms with Gasteiger partial charge in [0.2, 0.25) is 12.2 Å². The zero-order chi connectivity index (χ0) is 37.5. The van der Waals surface area contributed by atoms with Crippen molar-refractivity contribution in [3.05, 3.63) is 83.4 Å². The van der Waals surface area contributed by atoms with Crippen molar-refractivity contribution in [2.45, 2.75) is 95.8 Å². The Balaban J connectivity index is 1.48. The van der Waals surface area contributed by atoms with E-state index in [1.54, 1.807) is 72.4 Å². The molecular weight excluding hydrogens is 678 g/mol. The van der Waals surface area contributed by atoms with E-state index in [1.165, 1.54) is 7.11 Å². The Morgan fingerprint density at radius 3 is 2.16 bits per heavy atom. The fourth-order valence-corrected chi connectivity index (χ4v) is 5.61. The lowest BCUT2D eigenvalue weighted by molar-refractivity contribution is -0.287. The number of amides is 1. The molecule has 1 heterocycles. The molecule has 1 fully saturated rings. The van der Waals surface area contributed by atoms with Crippen LogP contribution in [0.2, 0.25) is 0 Å². The van der Waals surface area contributed by atoms with Gasteiger partial charge < -0.3 is 44.3 Å². The van der Waals surface area contributed by atoms with E-state index in [4.69, 9.17) is 23.7 Å². The highest BCUT2D eigenvalue weighted by Gasteiger charge is 2.49. The van der Waals surface area contributed by atoms with Crippen LogP contribution in [0.25, 0.3) is 0 Å². The lowest BCUT2D eigenvalue weighted by Crippen LogP contribution is -2.60. The molecule has 3 aromatic carbocycles. The van der Waals surface area contributed by atoms with Crippen molar-refractivity contribution >= 4 is 35.3 Å². The Morgan fingerprint density at radius 2 is 1.51 bits per heavy atom. The molecule has 4 rings (SSSR count). The maximum absolute atomic E-state index is 13.1. The van der Waals surface area contributed by atoms with E-state index < -0.39 is 48.1 Å². The summed E-state index contributed by atoms with van der Waals surface area (Å²) in [5.41, 5.74) is 2.02. The highest BCUT2D eigenvalue weighted by atomic mass is 32.2. The quantitative estimate of drug-likeness (QED) is 0.182. The van der Waals surface area contributed by atoms with E-state index in [9.17, 15) is 29.7 Å². The van der Waals surface area contributed by atoms with E-state index in [0.29, 0.717) is 39.8 Å². The summed E-state index contributed by atoms with van der Waals surface area (Å²) in [5, 5.41) is 34.3. The number of nitrogens with one attached hydrogen (secondary N) is 1. The summed E-state index contributed by atoms with van der Waals surface area (Å²) >= 11 is 1.71. The number of hydrogen-bond acceptors (Lipinski definition) is 12. The molecule has 4 N–H and O–H groups in total. The molecule has 13 heteroatoms. The molecule has 0 radical (unpaired) electrons. The molecule has 51 heavy (non-hydrogen) atoms. The number of carbonyl (C=O) groups excluding carboxylic acids is 3. The minimum Gasteiger partial charge on any atom is -0.493 e. The zero-order valence-electron chi connectivity index (χ0n) is 29.9. The van der Waals surface area contributed by atoms with Gasteiger partial charge in [0.15, 0.2) is 17.6 Å². The molecule has 1 aliphatic heterocycles. The monoisotopic (exact) mass is 725 g/mol. The van der Waals surface area contributed by atoms with Gasteiger partial charge in [0, 0.05) is 27.2 Å². The molecule has 0 unspecified atom stereocenters. The molecule has 0 aliphatic carbocycles. The van der Waals surface area contributed by atoms with Gasteiger partial charge in [-0.25, -0.2) is 4.79 Å². The first-order valence-electron chi connectivity index (χ1n) is 16.5. The molecule has 1 saturated heterocycles. The summed E-state index contributed by atoms with van der Waals surface area (Å²) in [6, 6.07) is 19.1. The van der Waals surface area contributed by atoms with E-state index in [-0.39, 0.29) is 23.7 Å². The van der Waals surface area contributed by atoms with Crippen molar-refractivity contribution in [1.29, 1.82) is 0 Å². The van der Waals surface area contributed by atoms with Gasteiger partial charge in [0.1, 0.15) is 30.7 Å². The fraction of sp³-hybridized carbons (Fsp3) is 0.447. The van der Waals surface area contributed by atoms with Gasteiger partial charge in [-0.2, -0.15) is 11.8 Å². The van der Waals surface area contributed by atoms with Crippen LogP contribution in [-0.4, -0.2) is 75.7 Å². The minimum atomic E-state index is -1.86. The average molecular weight is 726 g/mol. The largest absolute Gasteiger partial charge is 0.493 e. The van der Waals surface area contributed by atoms with Crippen LogP contribution in [0.5, 0.6) is 17.2 Å². The summed E-state index contributed by atoms with van der Waals surface area (Å²) in [6.07, 6.45) is -9.30. The first kappa shape index (κ1) is 39.6. The molecule has 0 bridgehead atoms. The van der Waals surface area contributed by atoms with Crippen molar-refractivity contribution < 1.29 is 53.4 Å². The fourth-order valence-electron chi connectivity index (χ4n) is 4.80. The van der Waals surface area contributed by atoms with Gasteiger partial charge in [-0.15, -0.1) is 0 Å². The van der Waals surface area contributed by atoms with Crippen molar-refractivity contribution in [1.82, 2.24) is 0 Å². The molecule has 0 saturated carbocycles. The van der Waals surface area contributed by atoms with E-state index >= 15 is 0 Å². The van der Waals surface area contributed by atoms with Crippen LogP contribution in [0.4, 0.5) is 5.69 Å². The Bertz CT molecular complexity index is 1670. The zero-order valence-corrected chi connectivity index (χ0v) is 30.7. The number of methoxy groups -OCH3 is 1. The number of benzene rings is 3. The number of aliphatic hydroxyl groups excluding tert-OH is 3. The average Bonchev–Trinajstić information content (AvgIpc) is 3.07. The first-order valence-corrected chi connectivity index (χ1v) is 17.5. The number of rotatable bonds is 12. The molecule has 1 amide bonds. The maximum Gasteiger partial charge on any atom is 0.338 e. The number of hydrogen-bond donors (Lipinski definition) is 4. The van der Waals surface area contributed by atoms with Crippen molar-refractivity contribution in [3.63, 3.8) is 0 Å². The number of thioether (sulfide) groups is 1. The number of ether oxygens (including phenoxy) is 5. The summed E-state index contributed by atoms with van der Waals surface area (Å²) in [5.74, 6) is -0.164. The standard InChI is InChI=1S/C38H47NO11S/c1-37(2,3)36(45)39-25-14-16-26(24(19-25)21-51-38(4,5)6)48-28-17-23(13-15-27(28)46-7)18-29(40)49-35-32(43)30(41)31(42)33(50-35)34(44)47-20-22-11-9-8-10-12-22/h8-17,19,30-33,35,41-43H,18,20-21H2,1-7H3,(H,39,45)/t30-,31-,32+,33-,35-/m1/s1. The molecule has 0 aromatic heterocycles. The number of esters is 2. The van der Waals surface area contributed by atoms with Gasteiger partial charge in [-0.3, -0.25) is 9.59 Å². The molecule has 1 aliphatic rings. The summed E-state index contributed by atoms with van der Waals surface area (Å²) in [4.78, 5) is 38.5. The van der Waals surface area contributed by atoms with Gasteiger partial charge in [0.25, 0.3) is 0 Å². The predicted octanol–water partition coefficient (Wildman–Crippen LogP) is 5.14. The maximum atomic E-state index is 13.1. The van der Waals surface area contributed by atoms with Crippen molar-refractivity contribution in [3.8, 4) is 17.2 Å². The van der Waals surface area contributed by atoms with Crippen molar-refractivity contribution in [2.24, 2.45) is 5.41 Å².